The summed E-state index contributed by atoms with van der Waals surface area (Å²) in [6.07, 6.45) is 1.04. The molecule has 5 rings (SSSR count). The number of hydrogen-bond acceptors (Lipinski definition) is 10. The number of amides is 1. The van der Waals surface area contributed by atoms with Crippen LogP contribution in [0.4, 0.5) is 39.2 Å². The van der Waals surface area contributed by atoms with Gasteiger partial charge in [-0.1, -0.05) is 0 Å². The molecule has 0 radical (unpaired) electrons. The van der Waals surface area contributed by atoms with Crippen LogP contribution >= 0.6 is 0 Å². The van der Waals surface area contributed by atoms with Crippen molar-refractivity contribution in [2.24, 2.45) is 0 Å². The minimum atomic E-state index is -0.673. The first kappa shape index (κ1) is 20.4. The molecule has 12 heteroatoms. The van der Waals surface area contributed by atoms with Crippen LogP contribution in [-0.4, -0.2) is 53.1 Å². The molecule has 1 fully saturated rings. The SMILES string of the molecule is O=C1COc2ccc(Nc3nc(Nc4ccc(N5CCOC(=O)C5)cc4)ncc3F)nc2N1. The van der Waals surface area contributed by atoms with E-state index in [-0.39, 0.29) is 48.4 Å². The van der Waals surface area contributed by atoms with Crippen molar-refractivity contribution in [3.05, 3.63) is 48.4 Å². The van der Waals surface area contributed by atoms with Gasteiger partial charge in [-0.2, -0.15) is 4.98 Å². The molecule has 11 nitrogen and oxygen atoms in total. The summed E-state index contributed by atoms with van der Waals surface area (Å²) in [6.45, 7) is 1.11. The van der Waals surface area contributed by atoms with Gasteiger partial charge in [0.05, 0.1) is 12.7 Å². The minimum absolute atomic E-state index is 0.0808. The molecule has 1 saturated heterocycles. The average Bonchev–Trinajstić information content (AvgIpc) is 2.81. The van der Waals surface area contributed by atoms with Crippen LogP contribution < -0.4 is 25.6 Å². The maximum atomic E-state index is 14.3. The van der Waals surface area contributed by atoms with Gasteiger partial charge in [-0.05, 0) is 36.4 Å². The maximum absolute atomic E-state index is 14.3. The number of benzene rings is 1. The smallest absolute Gasteiger partial charge is 0.325 e. The number of aromatic nitrogens is 3. The number of carbonyl (C=O) groups is 2. The van der Waals surface area contributed by atoms with Crippen LogP contribution in [-0.2, 0) is 14.3 Å². The zero-order valence-corrected chi connectivity index (χ0v) is 17.2. The molecule has 3 N–H and O–H groups in total. The number of esters is 1. The van der Waals surface area contributed by atoms with Crippen LogP contribution in [0, 0.1) is 5.82 Å². The zero-order chi connectivity index (χ0) is 22.8. The molecule has 1 amide bonds. The van der Waals surface area contributed by atoms with E-state index in [1.54, 1.807) is 12.1 Å². The fraction of sp³-hybridized carbons (Fsp3) is 0.190. The van der Waals surface area contributed by atoms with E-state index in [2.05, 4.69) is 30.9 Å². The van der Waals surface area contributed by atoms with Gasteiger partial charge in [0.1, 0.15) is 19.0 Å². The number of ether oxygens (including phenoxy) is 2. The van der Waals surface area contributed by atoms with E-state index in [4.69, 9.17) is 9.47 Å². The summed E-state index contributed by atoms with van der Waals surface area (Å²) in [4.78, 5) is 37.2. The Labute approximate surface area is 187 Å². The lowest BCUT2D eigenvalue weighted by atomic mass is 10.2. The molecule has 1 aromatic carbocycles. The Kier molecular flexibility index (Phi) is 5.30. The second-order valence-electron chi connectivity index (χ2n) is 7.21. The number of hydrogen-bond donors (Lipinski definition) is 3. The average molecular weight is 451 g/mol. The maximum Gasteiger partial charge on any atom is 0.325 e. The molecule has 0 aliphatic carbocycles. The van der Waals surface area contributed by atoms with Crippen molar-refractivity contribution in [2.45, 2.75) is 0 Å². The fourth-order valence-corrected chi connectivity index (χ4v) is 3.33. The monoisotopic (exact) mass is 451 g/mol. The van der Waals surface area contributed by atoms with Crippen molar-refractivity contribution in [3.8, 4) is 5.75 Å². The van der Waals surface area contributed by atoms with Crippen LogP contribution in [0.15, 0.2) is 42.6 Å². The fourth-order valence-electron chi connectivity index (χ4n) is 3.33. The summed E-state index contributed by atoms with van der Waals surface area (Å²) in [5.41, 5.74) is 1.57. The van der Waals surface area contributed by atoms with Crippen LogP contribution in [0.2, 0.25) is 0 Å². The highest BCUT2D eigenvalue weighted by Crippen LogP contribution is 2.28. The van der Waals surface area contributed by atoms with Gasteiger partial charge in [0, 0.05) is 11.4 Å². The Morgan fingerprint density at radius 3 is 2.70 bits per heavy atom. The molecule has 0 bridgehead atoms. The van der Waals surface area contributed by atoms with Crippen LogP contribution in [0.25, 0.3) is 0 Å². The second-order valence-corrected chi connectivity index (χ2v) is 7.21. The Morgan fingerprint density at radius 1 is 1.03 bits per heavy atom. The van der Waals surface area contributed by atoms with Crippen molar-refractivity contribution < 1.29 is 23.5 Å². The van der Waals surface area contributed by atoms with Gasteiger partial charge in [0.25, 0.3) is 5.91 Å². The number of halogens is 1. The first-order valence-electron chi connectivity index (χ1n) is 10.0. The van der Waals surface area contributed by atoms with E-state index in [9.17, 15) is 14.0 Å². The second kappa shape index (κ2) is 8.57. The Bertz CT molecular complexity index is 1220. The molecule has 2 aliphatic rings. The minimum Gasteiger partial charge on any atom is -0.480 e. The molecule has 4 heterocycles. The lowest BCUT2D eigenvalue weighted by Crippen LogP contribution is -2.39. The molecule has 0 saturated carbocycles. The number of morpholine rings is 1. The zero-order valence-electron chi connectivity index (χ0n) is 17.2. The number of pyridine rings is 1. The molecule has 0 spiro atoms. The predicted octanol–water partition coefficient (Wildman–Crippen LogP) is 2.19. The van der Waals surface area contributed by atoms with Crippen molar-refractivity contribution >= 4 is 46.7 Å². The number of cyclic esters (lactones) is 1. The summed E-state index contributed by atoms with van der Waals surface area (Å²) in [5.74, 6) is -0.235. The van der Waals surface area contributed by atoms with E-state index in [1.165, 1.54) is 0 Å². The molecule has 0 atom stereocenters. The predicted molar refractivity (Wildman–Crippen MR) is 117 cm³/mol. The summed E-state index contributed by atoms with van der Waals surface area (Å²) in [7, 11) is 0. The molecule has 3 aromatic rings. The summed E-state index contributed by atoms with van der Waals surface area (Å²) in [5, 5.41) is 8.39. The topological polar surface area (TPSA) is 131 Å². The summed E-state index contributed by atoms with van der Waals surface area (Å²) >= 11 is 0. The van der Waals surface area contributed by atoms with E-state index < -0.39 is 5.82 Å². The quantitative estimate of drug-likeness (QED) is 0.496. The van der Waals surface area contributed by atoms with Gasteiger partial charge >= 0.3 is 5.97 Å². The Hall–Kier alpha value is -4.48. The summed E-state index contributed by atoms with van der Waals surface area (Å²) < 4.78 is 24.5. The normalized spacial score (nSPS) is 15.1. The van der Waals surface area contributed by atoms with Gasteiger partial charge in [0.15, 0.2) is 29.8 Å². The summed E-state index contributed by atoms with van der Waals surface area (Å²) in [6, 6.07) is 10.5. The highest BCUT2D eigenvalue weighted by atomic mass is 19.1. The van der Waals surface area contributed by atoms with Crippen molar-refractivity contribution in [1.29, 1.82) is 0 Å². The van der Waals surface area contributed by atoms with Gasteiger partial charge in [-0.3, -0.25) is 9.59 Å². The third-order valence-electron chi connectivity index (χ3n) is 4.90. The third kappa shape index (κ3) is 4.59. The molecular formula is C21H18FN7O4. The van der Waals surface area contributed by atoms with Gasteiger partial charge < -0.3 is 30.3 Å². The highest BCUT2D eigenvalue weighted by molar-refractivity contribution is 5.94. The number of nitrogens with one attached hydrogen (secondary N) is 3. The van der Waals surface area contributed by atoms with Gasteiger partial charge in [-0.15, -0.1) is 0 Å². The standard InChI is InChI=1S/C21H18FN7O4/c22-14-9-23-21(24-12-1-3-13(4-2-12)29-7-8-32-18(31)10-29)28-19(14)25-16-6-5-15-20(26-16)27-17(30)11-33-15/h1-6,9H,7-8,10-11H2,(H3,23,24,25,26,27,28,30). The van der Waals surface area contributed by atoms with E-state index in [1.807, 2.05) is 29.2 Å². The lowest BCUT2D eigenvalue weighted by Gasteiger charge is -2.27. The largest absolute Gasteiger partial charge is 0.480 e. The van der Waals surface area contributed by atoms with Crippen LogP contribution in [0.1, 0.15) is 0 Å². The lowest BCUT2D eigenvalue weighted by molar-refractivity contribution is -0.143. The number of anilines is 6. The number of carbonyl (C=O) groups excluding carboxylic acids is 2. The van der Waals surface area contributed by atoms with Crippen molar-refractivity contribution in [1.82, 2.24) is 15.0 Å². The molecule has 33 heavy (non-hydrogen) atoms. The van der Waals surface area contributed by atoms with Crippen LogP contribution in [0.3, 0.4) is 0 Å². The van der Waals surface area contributed by atoms with Crippen LogP contribution in [0.5, 0.6) is 5.75 Å². The van der Waals surface area contributed by atoms with Gasteiger partial charge in [-0.25, -0.2) is 14.4 Å². The molecule has 0 unspecified atom stereocenters. The first-order chi connectivity index (χ1) is 16.0. The third-order valence-corrected chi connectivity index (χ3v) is 4.90. The molecular weight excluding hydrogens is 433 g/mol. The molecule has 2 aliphatic heterocycles. The van der Waals surface area contributed by atoms with Crippen molar-refractivity contribution in [2.75, 3.05) is 47.2 Å². The molecule has 168 valence electrons. The number of fused-ring (bicyclic) bond motifs is 1. The Morgan fingerprint density at radius 2 is 1.88 bits per heavy atom. The number of nitrogens with zero attached hydrogens (tertiary/aromatic N) is 4. The van der Waals surface area contributed by atoms with Gasteiger partial charge in [0.2, 0.25) is 5.95 Å². The number of rotatable bonds is 5. The molecule has 2 aromatic heterocycles. The first-order valence-corrected chi connectivity index (χ1v) is 10.0. The Balaban J connectivity index is 1.29. The van der Waals surface area contributed by atoms with E-state index in [0.29, 0.717) is 24.6 Å². The van der Waals surface area contributed by atoms with E-state index in [0.717, 1.165) is 11.9 Å². The van der Waals surface area contributed by atoms with Crippen molar-refractivity contribution in [3.63, 3.8) is 0 Å². The van der Waals surface area contributed by atoms with E-state index >= 15 is 0 Å². The highest BCUT2D eigenvalue weighted by Gasteiger charge is 2.19.